The summed E-state index contributed by atoms with van der Waals surface area (Å²) in [6.07, 6.45) is 0. The third-order valence-corrected chi connectivity index (χ3v) is 2.91. The minimum absolute atomic E-state index is 0. The number of carbonyl (C=O) groups is 1. The minimum Gasteiger partial charge on any atom is -0.329 e. The number of rotatable bonds is 5. The fraction of sp³-hybridized carbons (Fsp3) is 0.462. The molecule has 0 bridgehead atoms. The summed E-state index contributed by atoms with van der Waals surface area (Å²) in [5.41, 5.74) is 7.48. The number of hydrogen-bond donors (Lipinski definition) is 2. The maximum absolute atomic E-state index is 11.8. The summed E-state index contributed by atoms with van der Waals surface area (Å²) in [6.45, 7) is 4.88. The Bertz CT molecular complexity index is 384. The molecule has 1 aromatic carbocycles. The van der Waals surface area contributed by atoms with E-state index in [2.05, 4.69) is 5.32 Å². The molecule has 102 valence electrons. The van der Waals surface area contributed by atoms with Crippen molar-refractivity contribution in [2.45, 2.75) is 19.9 Å². The summed E-state index contributed by atoms with van der Waals surface area (Å²) in [5.74, 6) is -0.0119. The van der Waals surface area contributed by atoms with E-state index in [0.717, 1.165) is 11.3 Å². The molecule has 1 atom stereocenters. The highest BCUT2D eigenvalue weighted by molar-refractivity contribution is 5.92. The Hall–Kier alpha value is -1.10. The molecule has 0 aromatic heterocycles. The van der Waals surface area contributed by atoms with Crippen LogP contribution in [0.15, 0.2) is 24.3 Å². The first-order valence-electron chi connectivity index (χ1n) is 5.80. The van der Waals surface area contributed by atoms with Gasteiger partial charge >= 0.3 is 0 Å². The van der Waals surface area contributed by atoms with Crippen molar-refractivity contribution in [1.29, 1.82) is 0 Å². The average Bonchev–Trinajstić information content (AvgIpc) is 2.31. The van der Waals surface area contributed by atoms with Gasteiger partial charge in [0.25, 0.3) is 0 Å². The number of nitrogens with two attached hydrogens (primary N) is 1. The van der Waals surface area contributed by atoms with Crippen molar-refractivity contribution in [3.05, 3.63) is 29.8 Å². The number of para-hydroxylation sites is 1. The topological polar surface area (TPSA) is 58.4 Å². The second kappa shape index (κ2) is 8.08. The van der Waals surface area contributed by atoms with Crippen molar-refractivity contribution in [1.82, 2.24) is 4.90 Å². The molecule has 3 N–H and O–H groups in total. The fourth-order valence-corrected chi connectivity index (χ4v) is 1.47. The lowest BCUT2D eigenvalue weighted by molar-refractivity contribution is -0.117. The Morgan fingerprint density at radius 2 is 2.06 bits per heavy atom. The molecule has 0 saturated heterocycles. The molecule has 18 heavy (non-hydrogen) atoms. The van der Waals surface area contributed by atoms with Gasteiger partial charge < -0.3 is 11.1 Å². The van der Waals surface area contributed by atoms with E-state index >= 15 is 0 Å². The van der Waals surface area contributed by atoms with E-state index < -0.39 is 0 Å². The zero-order chi connectivity index (χ0) is 12.8. The second-order valence-corrected chi connectivity index (χ2v) is 4.36. The number of likely N-dealkylation sites (N-methyl/N-ethyl adjacent to an activating group) is 1. The Morgan fingerprint density at radius 3 is 2.61 bits per heavy atom. The predicted molar refractivity (Wildman–Crippen MR) is 78.2 cm³/mol. The zero-order valence-corrected chi connectivity index (χ0v) is 12.0. The Kier molecular flexibility index (Phi) is 7.59. The first-order chi connectivity index (χ1) is 8.04. The van der Waals surface area contributed by atoms with E-state index in [-0.39, 0.29) is 24.4 Å². The van der Waals surface area contributed by atoms with Crippen LogP contribution in [0.1, 0.15) is 12.5 Å². The lowest BCUT2D eigenvalue weighted by Crippen LogP contribution is -2.40. The van der Waals surface area contributed by atoms with Crippen LogP contribution < -0.4 is 11.1 Å². The Labute approximate surface area is 115 Å². The molecule has 4 nitrogen and oxygen atoms in total. The van der Waals surface area contributed by atoms with E-state index in [0.29, 0.717) is 13.1 Å². The van der Waals surface area contributed by atoms with Gasteiger partial charge in [-0.1, -0.05) is 18.2 Å². The molecule has 1 rings (SSSR count). The average molecular weight is 272 g/mol. The number of amides is 1. The van der Waals surface area contributed by atoms with Crippen LogP contribution in [0.3, 0.4) is 0 Å². The molecule has 1 unspecified atom stereocenters. The molecule has 0 aliphatic carbocycles. The monoisotopic (exact) mass is 271 g/mol. The van der Waals surface area contributed by atoms with Crippen LogP contribution in [-0.4, -0.2) is 37.0 Å². The highest BCUT2D eigenvalue weighted by Gasteiger charge is 2.12. The molecule has 1 amide bonds. The number of aryl methyl sites for hydroxylation is 1. The summed E-state index contributed by atoms with van der Waals surface area (Å²) < 4.78 is 0. The first kappa shape index (κ1) is 16.9. The summed E-state index contributed by atoms with van der Waals surface area (Å²) >= 11 is 0. The summed E-state index contributed by atoms with van der Waals surface area (Å²) in [5, 5.41) is 2.90. The Balaban J connectivity index is 0.00000289. The first-order valence-corrected chi connectivity index (χ1v) is 5.80. The number of nitrogens with one attached hydrogen (secondary N) is 1. The number of carbonyl (C=O) groups excluding carboxylic acids is 1. The van der Waals surface area contributed by atoms with Crippen molar-refractivity contribution in [2.24, 2.45) is 5.73 Å². The van der Waals surface area contributed by atoms with Crippen LogP contribution in [-0.2, 0) is 4.79 Å². The van der Waals surface area contributed by atoms with Crippen molar-refractivity contribution < 1.29 is 4.79 Å². The van der Waals surface area contributed by atoms with Gasteiger partial charge in [-0.3, -0.25) is 9.69 Å². The Morgan fingerprint density at radius 1 is 1.44 bits per heavy atom. The molecular formula is C13H22ClN3O. The van der Waals surface area contributed by atoms with Crippen LogP contribution >= 0.6 is 12.4 Å². The molecule has 0 fully saturated rings. The van der Waals surface area contributed by atoms with E-state index in [1.165, 1.54) is 0 Å². The molecule has 0 aliphatic rings. The van der Waals surface area contributed by atoms with Gasteiger partial charge in [0.05, 0.1) is 6.54 Å². The molecule has 0 spiro atoms. The van der Waals surface area contributed by atoms with Crippen molar-refractivity contribution in [3.63, 3.8) is 0 Å². The zero-order valence-electron chi connectivity index (χ0n) is 11.1. The van der Waals surface area contributed by atoms with Crippen LogP contribution in [0.2, 0.25) is 0 Å². The normalized spacial score (nSPS) is 11.8. The van der Waals surface area contributed by atoms with Gasteiger partial charge in [-0.2, -0.15) is 0 Å². The summed E-state index contributed by atoms with van der Waals surface area (Å²) in [6, 6.07) is 7.95. The van der Waals surface area contributed by atoms with E-state index in [4.69, 9.17) is 5.73 Å². The lowest BCUT2D eigenvalue weighted by atomic mass is 10.2. The molecule has 0 radical (unpaired) electrons. The van der Waals surface area contributed by atoms with Crippen LogP contribution in [0, 0.1) is 6.92 Å². The highest BCUT2D eigenvalue weighted by atomic mass is 35.5. The number of halogens is 1. The van der Waals surface area contributed by atoms with Gasteiger partial charge in [0.2, 0.25) is 5.91 Å². The second-order valence-electron chi connectivity index (χ2n) is 4.36. The van der Waals surface area contributed by atoms with Gasteiger partial charge in [-0.05, 0) is 32.5 Å². The van der Waals surface area contributed by atoms with Gasteiger partial charge in [0, 0.05) is 18.3 Å². The van der Waals surface area contributed by atoms with Gasteiger partial charge in [-0.25, -0.2) is 0 Å². The molecular weight excluding hydrogens is 250 g/mol. The maximum atomic E-state index is 11.8. The molecule has 0 heterocycles. The van der Waals surface area contributed by atoms with Crippen molar-refractivity contribution in [2.75, 3.05) is 25.5 Å². The lowest BCUT2D eigenvalue weighted by Gasteiger charge is -2.22. The minimum atomic E-state index is -0.0119. The highest BCUT2D eigenvalue weighted by Crippen LogP contribution is 2.12. The van der Waals surface area contributed by atoms with Gasteiger partial charge in [0.15, 0.2) is 0 Å². The third-order valence-electron chi connectivity index (χ3n) is 2.91. The third kappa shape index (κ3) is 5.04. The largest absolute Gasteiger partial charge is 0.329 e. The van der Waals surface area contributed by atoms with E-state index in [1.807, 2.05) is 50.1 Å². The number of hydrogen-bond acceptors (Lipinski definition) is 3. The van der Waals surface area contributed by atoms with Crippen molar-refractivity contribution in [3.8, 4) is 0 Å². The van der Waals surface area contributed by atoms with Crippen LogP contribution in [0.4, 0.5) is 5.69 Å². The standard InChI is InChI=1S/C13H21N3O.ClH/c1-10-6-4-5-7-12(10)15-13(17)9-16(3)11(2)8-14;/h4-7,11H,8-9,14H2,1-3H3,(H,15,17);1H. The quantitative estimate of drug-likeness (QED) is 0.856. The SMILES string of the molecule is Cc1ccccc1NC(=O)CN(C)C(C)CN.Cl. The molecule has 5 heteroatoms. The maximum Gasteiger partial charge on any atom is 0.238 e. The molecule has 1 aromatic rings. The van der Waals surface area contributed by atoms with Crippen LogP contribution in [0.25, 0.3) is 0 Å². The number of nitrogens with zero attached hydrogens (tertiary/aromatic N) is 1. The molecule has 0 aliphatic heterocycles. The number of benzene rings is 1. The van der Waals surface area contributed by atoms with E-state index in [9.17, 15) is 4.79 Å². The van der Waals surface area contributed by atoms with Crippen LogP contribution in [0.5, 0.6) is 0 Å². The fourth-order valence-electron chi connectivity index (χ4n) is 1.47. The predicted octanol–water partition coefficient (Wildman–Crippen LogP) is 1.63. The summed E-state index contributed by atoms with van der Waals surface area (Å²) in [7, 11) is 1.90. The van der Waals surface area contributed by atoms with Gasteiger partial charge in [-0.15, -0.1) is 12.4 Å². The molecule has 0 saturated carbocycles. The van der Waals surface area contributed by atoms with Gasteiger partial charge in [0.1, 0.15) is 0 Å². The smallest absolute Gasteiger partial charge is 0.238 e. The number of anilines is 1. The summed E-state index contributed by atoms with van der Waals surface area (Å²) in [4.78, 5) is 13.7. The van der Waals surface area contributed by atoms with E-state index in [1.54, 1.807) is 0 Å². The van der Waals surface area contributed by atoms with Crippen molar-refractivity contribution >= 4 is 24.0 Å².